The van der Waals surface area contributed by atoms with Gasteiger partial charge in [0, 0.05) is 13.2 Å². The lowest BCUT2D eigenvalue weighted by Crippen LogP contribution is -2.15. The van der Waals surface area contributed by atoms with E-state index in [1.807, 2.05) is 0 Å². The quantitative estimate of drug-likeness (QED) is 0.559. The van der Waals surface area contributed by atoms with Crippen molar-refractivity contribution in [1.82, 2.24) is 0 Å². The summed E-state index contributed by atoms with van der Waals surface area (Å²) in [6.45, 7) is 0.424. The Bertz CT molecular complexity index is 73.0. The second kappa shape index (κ2) is 3.18. The van der Waals surface area contributed by atoms with Crippen LogP contribution in [0.4, 0.5) is 0 Å². The molecule has 1 fully saturated rings. The molecule has 2 unspecified atom stereocenters. The van der Waals surface area contributed by atoms with Crippen molar-refractivity contribution < 1.29 is 10.2 Å². The average molecular weight is 129 g/mol. The predicted molar refractivity (Wildman–Crippen MR) is 34.7 cm³/mol. The van der Waals surface area contributed by atoms with Gasteiger partial charge < -0.3 is 10.2 Å². The van der Waals surface area contributed by atoms with E-state index in [0.717, 1.165) is 12.8 Å². The highest BCUT2D eigenvalue weighted by atomic mass is 16.3. The molecule has 2 atom stereocenters. The number of hydrogen-bond donors (Lipinski definition) is 2. The fourth-order valence-electron chi connectivity index (χ4n) is 1.38. The topological polar surface area (TPSA) is 40.5 Å². The van der Waals surface area contributed by atoms with Crippen LogP contribution in [0.15, 0.2) is 0 Å². The van der Waals surface area contributed by atoms with Gasteiger partial charge >= 0.3 is 0 Å². The highest BCUT2D eigenvalue weighted by molar-refractivity contribution is 4.89. The van der Waals surface area contributed by atoms with Crippen LogP contribution in [0.1, 0.15) is 12.8 Å². The molecule has 1 saturated carbocycles. The summed E-state index contributed by atoms with van der Waals surface area (Å²) in [5.41, 5.74) is 0. The van der Waals surface area contributed by atoms with Crippen molar-refractivity contribution in [2.75, 3.05) is 13.2 Å². The molecule has 1 aliphatic rings. The maximum absolute atomic E-state index is 8.74. The van der Waals surface area contributed by atoms with E-state index in [0.29, 0.717) is 5.92 Å². The molecule has 0 heterocycles. The van der Waals surface area contributed by atoms with Crippen LogP contribution < -0.4 is 0 Å². The molecule has 9 heavy (non-hydrogen) atoms. The molecule has 0 saturated heterocycles. The minimum absolute atomic E-state index is 0.200. The minimum atomic E-state index is 0.200. The van der Waals surface area contributed by atoms with Crippen LogP contribution in [0.2, 0.25) is 0 Å². The third-order valence-electron chi connectivity index (χ3n) is 2.06. The number of aliphatic hydroxyl groups is 2. The Hall–Kier alpha value is -0.0800. The fourth-order valence-corrected chi connectivity index (χ4v) is 1.38. The molecule has 0 aromatic carbocycles. The van der Waals surface area contributed by atoms with Crippen LogP contribution in [0, 0.1) is 18.3 Å². The molecule has 0 amide bonds. The zero-order chi connectivity index (χ0) is 6.69. The molecule has 1 aliphatic carbocycles. The van der Waals surface area contributed by atoms with E-state index in [1.54, 1.807) is 0 Å². The summed E-state index contributed by atoms with van der Waals surface area (Å²) >= 11 is 0. The summed E-state index contributed by atoms with van der Waals surface area (Å²) in [4.78, 5) is 0. The highest BCUT2D eigenvalue weighted by Gasteiger charge is 2.25. The maximum atomic E-state index is 8.74. The van der Waals surface area contributed by atoms with E-state index in [-0.39, 0.29) is 19.1 Å². The lowest BCUT2D eigenvalue weighted by molar-refractivity contribution is 0.153. The van der Waals surface area contributed by atoms with E-state index in [4.69, 9.17) is 10.2 Å². The van der Waals surface area contributed by atoms with Crippen LogP contribution >= 0.6 is 0 Å². The van der Waals surface area contributed by atoms with Crippen molar-refractivity contribution in [3.8, 4) is 0 Å². The van der Waals surface area contributed by atoms with Crippen LogP contribution in [0.5, 0.6) is 0 Å². The number of hydrogen-bond acceptors (Lipinski definition) is 2. The van der Waals surface area contributed by atoms with Gasteiger partial charge in [0.2, 0.25) is 0 Å². The van der Waals surface area contributed by atoms with E-state index in [2.05, 4.69) is 6.42 Å². The van der Waals surface area contributed by atoms with Crippen molar-refractivity contribution in [3.63, 3.8) is 0 Å². The lowest BCUT2D eigenvalue weighted by atomic mass is 9.98. The zero-order valence-electron chi connectivity index (χ0n) is 5.45. The summed E-state index contributed by atoms with van der Waals surface area (Å²) in [6.07, 6.45) is 4.19. The number of aliphatic hydroxyl groups excluding tert-OH is 2. The molecule has 0 aromatic heterocycles. The van der Waals surface area contributed by atoms with E-state index < -0.39 is 0 Å². The molecular weight excluding hydrogens is 116 g/mol. The smallest absolute Gasteiger partial charge is 0.0465 e. The maximum Gasteiger partial charge on any atom is 0.0465 e. The van der Waals surface area contributed by atoms with Gasteiger partial charge in [0.15, 0.2) is 0 Å². The molecule has 53 valence electrons. The molecule has 0 bridgehead atoms. The summed E-state index contributed by atoms with van der Waals surface area (Å²) < 4.78 is 0. The van der Waals surface area contributed by atoms with Gasteiger partial charge in [-0.05, 0) is 31.1 Å². The molecule has 1 rings (SSSR count). The molecule has 0 aromatic rings. The SMILES string of the molecule is OCC1[CH]CCC1CO. The van der Waals surface area contributed by atoms with Crippen LogP contribution in [-0.2, 0) is 0 Å². The predicted octanol–water partition coefficient (Wildman–Crippen LogP) is 0.201. The number of rotatable bonds is 2. The van der Waals surface area contributed by atoms with E-state index in [1.165, 1.54) is 0 Å². The first-order chi connectivity index (χ1) is 4.38. The van der Waals surface area contributed by atoms with Crippen molar-refractivity contribution in [3.05, 3.63) is 6.42 Å². The fraction of sp³-hybridized carbons (Fsp3) is 0.857. The first-order valence-corrected chi connectivity index (χ1v) is 3.43. The minimum Gasteiger partial charge on any atom is -0.396 e. The molecule has 0 spiro atoms. The van der Waals surface area contributed by atoms with Gasteiger partial charge in [-0.3, -0.25) is 0 Å². The Balaban J connectivity index is 2.32. The van der Waals surface area contributed by atoms with Gasteiger partial charge in [-0.15, -0.1) is 0 Å². The van der Waals surface area contributed by atoms with Gasteiger partial charge in [0.1, 0.15) is 0 Å². The van der Waals surface area contributed by atoms with Gasteiger partial charge in [0.25, 0.3) is 0 Å². The third kappa shape index (κ3) is 1.43. The van der Waals surface area contributed by atoms with Gasteiger partial charge in [-0.1, -0.05) is 0 Å². The highest BCUT2D eigenvalue weighted by Crippen LogP contribution is 2.29. The summed E-state index contributed by atoms with van der Waals surface area (Å²) in [7, 11) is 0. The molecule has 1 radical (unpaired) electrons. The van der Waals surface area contributed by atoms with E-state index in [9.17, 15) is 0 Å². The van der Waals surface area contributed by atoms with Crippen LogP contribution in [0.3, 0.4) is 0 Å². The monoisotopic (exact) mass is 129 g/mol. The van der Waals surface area contributed by atoms with Crippen molar-refractivity contribution in [2.24, 2.45) is 11.8 Å². The molecule has 2 nitrogen and oxygen atoms in total. The van der Waals surface area contributed by atoms with Crippen molar-refractivity contribution in [1.29, 1.82) is 0 Å². The van der Waals surface area contributed by atoms with Crippen LogP contribution in [0.25, 0.3) is 0 Å². The molecule has 2 N–H and O–H groups in total. The third-order valence-corrected chi connectivity index (χ3v) is 2.06. The first-order valence-electron chi connectivity index (χ1n) is 3.43. The second-order valence-electron chi connectivity index (χ2n) is 2.60. The lowest BCUT2D eigenvalue weighted by Gasteiger charge is -2.12. The Morgan fingerprint density at radius 2 is 2.11 bits per heavy atom. The zero-order valence-corrected chi connectivity index (χ0v) is 5.45. The van der Waals surface area contributed by atoms with Crippen molar-refractivity contribution >= 4 is 0 Å². The summed E-state index contributed by atoms with van der Waals surface area (Å²) in [5, 5.41) is 17.5. The Labute approximate surface area is 55.5 Å². The Morgan fingerprint density at radius 1 is 1.33 bits per heavy atom. The van der Waals surface area contributed by atoms with E-state index >= 15 is 0 Å². The van der Waals surface area contributed by atoms with Gasteiger partial charge in [-0.2, -0.15) is 0 Å². The van der Waals surface area contributed by atoms with Crippen molar-refractivity contribution in [2.45, 2.75) is 12.8 Å². The summed E-state index contributed by atoms with van der Waals surface area (Å²) in [6, 6.07) is 0. The standard InChI is InChI=1S/C7H13O2/c8-4-6-2-1-3-7(6)5-9/h2,6-9H,1,3-5H2. The van der Waals surface area contributed by atoms with Gasteiger partial charge in [-0.25, -0.2) is 0 Å². The van der Waals surface area contributed by atoms with Crippen LogP contribution in [-0.4, -0.2) is 23.4 Å². The second-order valence-corrected chi connectivity index (χ2v) is 2.60. The van der Waals surface area contributed by atoms with Gasteiger partial charge in [0.05, 0.1) is 0 Å². The Morgan fingerprint density at radius 3 is 2.56 bits per heavy atom. The largest absolute Gasteiger partial charge is 0.396 e. The Kier molecular flexibility index (Phi) is 2.49. The normalized spacial score (nSPS) is 35.3. The first kappa shape index (κ1) is 7.03. The summed E-state index contributed by atoms with van der Waals surface area (Å²) in [5.74, 6) is 0.588. The molecular formula is C7H13O2. The molecule has 0 aliphatic heterocycles. The average Bonchev–Trinajstić information content (AvgIpc) is 2.33. The molecule has 2 heteroatoms.